The van der Waals surface area contributed by atoms with Gasteiger partial charge in [0.15, 0.2) is 0 Å². The largest absolute Gasteiger partial charge is 0.481 e. The Kier molecular flexibility index (Phi) is 24.7. The van der Waals surface area contributed by atoms with Gasteiger partial charge in [-0.25, -0.2) is 0 Å². The van der Waals surface area contributed by atoms with Crippen molar-refractivity contribution in [2.45, 2.75) is 193 Å². The van der Waals surface area contributed by atoms with E-state index < -0.39 is 17.9 Å². The first-order valence-electron chi connectivity index (χ1n) is 18.0. The van der Waals surface area contributed by atoms with Gasteiger partial charge in [0.05, 0.1) is 0 Å². The van der Waals surface area contributed by atoms with Gasteiger partial charge in [0.25, 0.3) is 0 Å². The van der Waals surface area contributed by atoms with Crippen molar-refractivity contribution in [1.29, 1.82) is 0 Å². The molecule has 0 heterocycles. The fraction of sp³-hybridized carbons (Fsp3) is 0.917. The lowest BCUT2D eigenvalue weighted by atomic mass is 9.69. The van der Waals surface area contributed by atoms with E-state index in [0.29, 0.717) is 19.3 Å². The average Bonchev–Trinajstić information content (AvgIpc) is 2.94. The second kappa shape index (κ2) is 27.0. The highest BCUT2D eigenvalue weighted by Crippen LogP contribution is 2.41. The number of carboxylic acids is 3. The van der Waals surface area contributed by atoms with E-state index in [0.717, 1.165) is 56.3 Å². The second-order valence-electron chi connectivity index (χ2n) is 13.4. The van der Waals surface area contributed by atoms with Crippen molar-refractivity contribution in [1.82, 2.24) is 0 Å². The zero-order valence-corrected chi connectivity index (χ0v) is 27.0. The van der Waals surface area contributed by atoms with E-state index in [1.54, 1.807) is 0 Å². The highest BCUT2D eigenvalue weighted by Gasteiger charge is 2.29. The fourth-order valence-electron chi connectivity index (χ4n) is 7.15. The van der Waals surface area contributed by atoms with Crippen LogP contribution in [0.5, 0.6) is 0 Å². The summed E-state index contributed by atoms with van der Waals surface area (Å²) < 4.78 is 0. The predicted molar refractivity (Wildman–Crippen MR) is 172 cm³/mol. The van der Waals surface area contributed by atoms with Crippen LogP contribution >= 0.6 is 0 Å². The molecule has 0 spiro atoms. The Morgan fingerprint density at radius 3 is 1.07 bits per heavy atom. The van der Waals surface area contributed by atoms with Crippen LogP contribution < -0.4 is 0 Å². The Balaban J connectivity index is 2.27. The molecule has 42 heavy (non-hydrogen) atoms. The molecule has 3 unspecified atom stereocenters. The highest BCUT2D eigenvalue weighted by molar-refractivity contribution is 5.67. The Bertz CT molecular complexity index is 678. The van der Waals surface area contributed by atoms with Crippen LogP contribution in [0, 0.1) is 17.8 Å². The molecule has 0 aromatic rings. The van der Waals surface area contributed by atoms with Gasteiger partial charge in [0, 0.05) is 19.3 Å². The molecule has 6 nitrogen and oxygen atoms in total. The van der Waals surface area contributed by atoms with Crippen molar-refractivity contribution in [2.24, 2.45) is 17.8 Å². The number of hydrogen-bond donors (Lipinski definition) is 3. The number of hydrogen-bond acceptors (Lipinski definition) is 3. The van der Waals surface area contributed by atoms with E-state index in [-0.39, 0.29) is 0 Å². The highest BCUT2D eigenvalue weighted by atomic mass is 16.4. The molecule has 1 aliphatic carbocycles. The summed E-state index contributed by atoms with van der Waals surface area (Å²) >= 11 is 0. The topological polar surface area (TPSA) is 112 Å². The molecule has 1 rings (SSSR count). The summed E-state index contributed by atoms with van der Waals surface area (Å²) in [7, 11) is 0. The smallest absolute Gasteiger partial charge is 0.303 e. The minimum Gasteiger partial charge on any atom is -0.481 e. The molecule has 3 N–H and O–H groups in total. The first-order chi connectivity index (χ1) is 20.4. The van der Waals surface area contributed by atoms with Crippen molar-refractivity contribution in [3.8, 4) is 0 Å². The zero-order valence-electron chi connectivity index (χ0n) is 27.0. The Morgan fingerprint density at radius 2 is 0.690 bits per heavy atom. The van der Waals surface area contributed by atoms with Crippen molar-refractivity contribution in [3.05, 3.63) is 0 Å². The first-order valence-corrected chi connectivity index (χ1v) is 18.0. The quantitative estimate of drug-likeness (QED) is 0.0713. The first kappa shape index (κ1) is 38.4. The van der Waals surface area contributed by atoms with Crippen molar-refractivity contribution < 1.29 is 29.7 Å². The summed E-state index contributed by atoms with van der Waals surface area (Å²) in [4.78, 5) is 31.9. The van der Waals surface area contributed by atoms with Crippen LogP contribution in [0.3, 0.4) is 0 Å². The lowest BCUT2D eigenvalue weighted by Gasteiger charge is -2.37. The third-order valence-electron chi connectivity index (χ3n) is 9.68. The van der Waals surface area contributed by atoms with Gasteiger partial charge in [-0.2, -0.15) is 0 Å². The van der Waals surface area contributed by atoms with Gasteiger partial charge in [-0.05, 0) is 49.9 Å². The molecule has 6 heteroatoms. The van der Waals surface area contributed by atoms with Gasteiger partial charge < -0.3 is 15.3 Å². The summed E-state index contributed by atoms with van der Waals surface area (Å²) in [5.74, 6) is 0.682. The van der Waals surface area contributed by atoms with Crippen LogP contribution in [0.15, 0.2) is 0 Å². The van der Waals surface area contributed by atoms with Gasteiger partial charge in [0.2, 0.25) is 0 Å². The van der Waals surface area contributed by atoms with E-state index in [9.17, 15) is 14.4 Å². The summed E-state index contributed by atoms with van der Waals surface area (Å²) in [6.45, 7) is 0. The van der Waals surface area contributed by atoms with Crippen LogP contribution in [0.4, 0.5) is 0 Å². The minimum absolute atomic E-state index is 0.311. The molecule has 1 saturated carbocycles. The van der Waals surface area contributed by atoms with Crippen LogP contribution in [-0.2, 0) is 14.4 Å². The van der Waals surface area contributed by atoms with Crippen LogP contribution in [-0.4, -0.2) is 33.2 Å². The van der Waals surface area contributed by atoms with Crippen molar-refractivity contribution >= 4 is 17.9 Å². The second-order valence-corrected chi connectivity index (χ2v) is 13.4. The molecule has 0 amide bonds. The molecule has 0 bridgehead atoms. The number of unbranched alkanes of at least 4 members (excludes halogenated alkanes) is 18. The molecule has 1 fully saturated rings. The summed E-state index contributed by atoms with van der Waals surface area (Å²) in [6, 6.07) is 0. The normalized spacial score (nSPS) is 18.7. The van der Waals surface area contributed by atoms with E-state index in [2.05, 4.69) is 0 Å². The number of rotatable bonds is 30. The number of carbonyl (C=O) groups is 3. The maximum atomic E-state index is 10.7. The van der Waals surface area contributed by atoms with Gasteiger partial charge >= 0.3 is 17.9 Å². The van der Waals surface area contributed by atoms with Crippen molar-refractivity contribution in [2.75, 3.05) is 0 Å². The third-order valence-corrected chi connectivity index (χ3v) is 9.68. The summed E-state index contributed by atoms with van der Waals surface area (Å²) in [5, 5.41) is 26.3. The fourth-order valence-corrected chi connectivity index (χ4v) is 7.15. The SMILES string of the molecule is O=C(O)CCCCCCCCCC1CCC(CCCCCCCCCC(=O)O)C(CCCCCCCCCC(=O)O)C1. The third kappa shape index (κ3) is 23.9. The molecule has 246 valence electrons. The molecule has 0 aromatic carbocycles. The van der Waals surface area contributed by atoms with E-state index in [1.165, 1.54) is 135 Å². The average molecular weight is 595 g/mol. The van der Waals surface area contributed by atoms with Crippen LogP contribution in [0.25, 0.3) is 0 Å². The molecule has 3 atom stereocenters. The maximum Gasteiger partial charge on any atom is 0.303 e. The lowest BCUT2D eigenvalue weighted by Crippen LogP contribution is -2.25. The summed E-state index contributed by atoms with van der Waals surface area (Å²) in [5.41, 5.74) is 0. The Morgan fingerprint density at radius 1 is 0.381 bits per heavy atom. The minimum atomic E-state index is -0.673. The van der Waals surface area contributed by atoms with Gasteiger partial charge in [-0.1, -0.05) is 141 Å². The molecular formula is C36H66O6. The van der Waals surface area contributed by atoms with E-state index in [4.69, 9.17) is 15.3 Å². The Labute approximate surface area is 257 Å². The van der Waals surface area contributed by atoms with Crippen molar-refractivity contribution in [3.63, 3.8) is 0 Å². The molecule has 0 saturated heterocycles. The maximum absolute atomic E-state index is 10.7. The van der Waals surface area contributed by atoms with E-state index in [1.807, 2.05) is 0 Å². The monoisotopic (exact) mass is 594 g/mol. The van der Waals surface area contributed by atoms with Crippen LogP contribution in [0.1, 0.15) is 193 Å². The van der Waals surface area contributed by atoms with Gasteiger partial charge in [-0.15, -0.1) is 0 Å². The molecule has 0 aromatic heterocycles. The lowest BCUT2D eigenvalue weighted by molar-refractivity contribution is -0.138. The molecular weight excluding hydrogens is 528 g/mol. The number of aliphatic carboxylic acids is 3. The summed E-state index contributed by atoms with van der Waals surface area (Å²) in [6.07, 6.45) is 34.1. The Hall–Kier alpha value is -1.59. The molecule has 1 aliphatic rings. The number of carboxylic acid groups (broad SMARTS) is 3. The molecule has 0 radical (unpaired) electrons. The van der Waals surface area contributed by atoms with Gasteiger partial charge in [0.1, 0.15) is 0 Å². The van der Waals surface area contributed by atoms with E-state index >= 15 is 0 Å². The van der Waals surface area contributed by atoms with Gasteiger partial charge in [-0.3, -0.25) is 14.4 Å². The standard InChI is InChI=1S/C36H66O6/c37-34(38)25-19-13-7-1-4-10-16-22-31-28-29-32(23-17-11-5-2-8-14-20-26-35(39)40)33(30-31)24-18-12-6-3-9-15-21-27-36(41)42/h31-33H,1-30H2,(H,37,38)(H,39,40)(H,41,42). The zero-order chi connectivity index (χ0) is 30.7. The predicted octanol–water partition coefficient (Wildman–Crippen LogP) is 10.8. The van der Waals surface area contributed by atoms with Crippen LogP contribution in [0.2, 0.25) is 0 Å². The molecule has 0 aliphatic heterocycles.